The van der Waals surface area contributed by atoms with Gasteiger partial charge in [-0.3, -0.25) is 0 Å². The second-order valence-electron chi connectivity index (χ2n) is 3.04. The van der Waals surface area contributed by atoms with Crippen molar-refractivity contribution in [3.8, 4) is 0 Å². The number of hydrogen-bond acceptors (Lipinski definition) is 0. The maximum Gasteiger partial charge on any atom is 0.417 e. The summed E-state index contributed by atoms with van der Waals surface area (Å²) in [5.41, 5.74) is -0.381. The van der Waals surface area contributed by atoms with Crippen LogP contribution in [0.2, 0.25) is 5.02 Å². The average Bonchev–Trinajstić information content (AvgIpc) is 2.14. The van der Waals surface area contributed by atoms with Gasteiger partial charge in [-0.1, -0.05) is 17.7 Å². The Hall–Kier alpha value is -1.21. The van der Waals surface area contributed by atoms with Crippen LogP contribution in [0.1, 0.15) is 24.1 Å². The van der Waals surface area contributed by atoms with Crippen molar-refractivity contribution in [2.24, 2.45) is 0 Å². The Morgan fingerprint density at radius 3 is 2.40 bits per heavy atom. The van der Waals surface area contributed by atoms with Gasteiger partial charge in [-0.25, -0.2) is 6.57 Å². The molecule has 0 bridgehead atoms. The molecule has 0 aliphatic rings. The van der Waals surface area contributed by atoms with Gasteiger partial charge in [0.1, 0.15) is 0 Å². The predicted molar refractivity (Wildman–Crippen MR) is 51.5 cm³/mol. The summed E-state index contributed by atoms with van der Waals surface area (Å²) >= 11 is 5.49. The molecule has 1 aromatic carbocycles. The van der Waals surface area contributed by atoms with E-state index in [0.717, 1.165) is 6.07 Å². The number of hydrogen-bond donors (Lipinski definition) is 0. The maximum absolute atomic E-state index is 12.3. The van der Waals surface area contributed by atoms with E-state index in [2.05, 4.69) is 4.85 Å². The van der Waals surface area contributed by atoms with E-state index in [4.69, 9.17) is 18.2 Å². The summed E-state index contributed by atoms with van der Waals surface area (Å²) in [5.74, 6) is 0. The lowest BCUT2D eigenvalue weighted by Crippen LogP contribution is -2.06. The largest absolute Gasteiger partial charge is 0.417 e. The molecule has 80 valence electrons. The number of benzene rings is 1. The van der Waals surface area contributed by atoms with Crippen molar-refractivity contribution in [1.82, 2.24) is 0 Å². The van der Waals surface area contributed by atoms with E-state index in [1.54, 1.807) is 6.92 Å². The Labute approximate surface area is 90.3 Å². The summed E-state index contributed by atoms with van der Waals surface area (Å²) < 4.78 is 37.0. The molecule has 0 amide bonds. The van der Waals surface area contributed by atoms with Crippen LogP contribution in [0.25, 0.3) is 4.85 Å². The molecular formula is C10H7ClF3N. The maximum atomic E-state index is 12.3. The number of halogens is 4. The van der Waals surface area contributed by atoms with Crippen LogP contribution < -0.4 is 0 Å². The summed E-state index contributed by atoms with van der Waals surface area (Å²) in [4.78, 5) is 3.20. The standard InChI is InChI=1S/C10H7ClF3N/c1-6(15-2)7-3-4-8(9(11)5-7)10(12,13)14/h3-6H,1H3. The van der Waals surface area contributed by atoms with Gasteiger partial charge in [-0.2, -0.15) is 13.2 Å². The average molecular weight is 234 g/mol. The van der Waals surface area contributed by atoms with Gasteiger partial charge in [0.15, 0.2) is 0 Å². The van der Waals surface area contributed by atoms with Crippen molar-refractivity contribution in [2.45, 2.75) is 19.1 Å². The van der Waals surface area contributed by atoms with E-state index in [0.29, 0.717) is 5.56 Å². The van der Waals surface area contributed by atoms with Crippen molar-refractivity contribution in [3.05, 3.63) is 45.8 Å². The molecule has 5 heteroatoms. The Balaban J connectivity index is 3.16. The van der Waals surface area contributed by atoms with Crippen LogP contribution in [-0.2, 0) is 6.18 Å². The third-order valence-electron chi connectivity index (χ3n) is 1.97. The van der Waals surface area contributed by atoms with Gasteiger partial charge in [-0.15, -0.1) is 0 Å². The molecule has 0 saturated carbocycles. The van der Waals surface area contributed by atoms with E-state index in [9.17, 15) is 13.2 Å². The Morgan fingerprint density at radius 1 is 1.40 bits per heavy atom. The molecule has 1 nitrogen and oxygen atoms in total. The van der Waals surface area contributed by atoms with Crippen molar-refractivity contribution in [2.75, 3.05) is 0 Å². The third-order valence-corrected chi connectivity index (χ3v) is 2.29. The quantitative estimate of drug-likeness (QED) is 0.636. The Bertz CT molecular complexity index is 406. The monoisotopic (exact) mass is 233 g/mol. The highest BCUT2D eigenvalue weighted by Gasteiger charge is 2.33. The second kappa shape index (κ2) is 4.11. The minimum absolute atomic E-state index is 0.365. The normalized spacial score (nSPS) is 13.3. The SMILES string of the molecule is [C-]#[N+]C(C)c1ccc(C(F)(F)F)c(Cl)c1. The highest BCUT2D eigenvalue weighted by Crippen LogP contribution is 2.36. The Kier molecular flexibility index (Phi) is 3.25. The van der Waals surface area contributed by atoms with Crippen molar-refractivity contribution in [1.29, 1.82) is 0 Å². The molecule has 0 fully saturated rings. The van der Waals surface area contributed by atoms with Crippen LogP contribution in [0, 0.1) is 6.57 Å². The first-order valence-electron chi connectivity index (χ1n) is 4.09. The van der Waals surface area contributed by atoms with E-state index in [1.165, 1.54) is 12.1 Å². The fraction of sp³-hybridized carbons (Fsp3) is 0.300. The smallest absolute Gasteiger partial charge is 0.309 e. The fourth-order valence-electron chi connectivity index (χ4n) is 1.10. The lowest BCUT2D eigenvalue weighted by molar-refractivity contribution is -0.137. The Morgan fingerprint density at radius 2 is 2.00 bits per heavy atom. The summed E-state index contributed by atoms with van der Waals surface area (Å²) in [6.07, 6.45) is -4.45. The highest BCUT2D eigenvalue weighted by atomic mass is 35.5. The molecule has 15 heavy (non-hydrogen) atoms. The molecule has 1 rings (SSSR count). The van der Waals surface area contributed by atoms with Gasteiger partial charge in [0.2, 0.25) is 6.04 Å². The zero-order valence-corrected chi connectivity index (χ0v) is 8.52. The second-order valence-corrected chi connectivity index (χ2v) is 3.45. The molecule has 0 saturated heterocycles. The van der Waals surface area contributed by atoms with E-state index in [-0.39, 0.29) is 5.02 Å². The number of nitrogens with zero attached hydrogens (tertiary/aromatic N) is 1. The van der Waals surface area contributed by atoms with Crippen LogP contribution in [0.3, 0.4) is 0 Å². The zero-order chi connectivity index (χ0) is 11.6. The first kappa shape index (κ1) is 11.9. The molecule has 0 N–H and O–H groups in total. The van der Waals surface area contributed by atoms with Crippen LogP contribution in [0.5, 0.6) is 0 Å². The van der Waals surface area contributed by atoms with Gasteiger partial charge < -0.3 is 4.85 Å². The number of rotatable bonds is 1. The topological polar surface area (TPSA) is 4.36 Å². The molecule has 0 radical (unpaired) electrons. The van der Waals surface area contributed by atoms with Crippen LogP contribution in [0.15, 0.2) is 18.2 Å². The van der Waals surface area contributed by atoms with Crippen LogP contribution >= 0.6 is 11.6 Å². The number of alkyl halides is 3. The fourth-order valence-corrected chi connectivity index (χ4v) is 1.39. The predicted octanol–water partition coefficient (Wildman–Crippen LogP) is 4.34. The molecule has 0 spiro atoms. The lowest BCUT2D eigenvalue weighted by Gasteiger charge is -2.09. The molecule has 0 aliphatic carbocycles. The van der Waals surface area contributed by atoms with Gasteiger partial charge in [0.25, 0.3) is 0 Å². The van der Waals surface area contributed by atoms with Crippen LogP contribution in [0.4, 0.5) is 13.2 Å². The molecule has 0 aromatic heterocycles. The first-order valence-corrected chi connectivity index (χ1v) is 4.47. The molecule has 1 aromatic rings. The van der Waals surface area contributed by atoms with Gasteiger partial charge in [0, 0.05) is 12.5 Å². The summed E-state index contributed by atoms with van der Waals surface area (Å²) in [6, 6.07) is 2.88. The molecule has 0 heterocycles. The van der Waals surface area contributed by atoms with E-state index in [1.807, 2.05) is 0 Å². The van der Waals surface area contributed by atoms with Gasteiger partial charge in [-0.05, 0) is 12.1 Å². The zero-order valence-electron chi connectivity index (χ0n) is 7.77. The van der Waals surface area contributed by atoms with Crippen molar-refractivity contribution < 1.29 is 13.2 Å². The van der Waals surface area contributed by atoms with E-state index < -0.39 is 17.8 Å². The first-order chi connectivity index (χ1) is 6.86. The summed E-state index contributed by atoms with van der Waals surface area (Å²) in [6.45, 7) is 8.36. The summed E-state index contributed by atoms with van der Waals surface area (Å²) in [5, 5.41) is -0.365. The summed E-state index contributed by atoms with van der Waals surface area (Å²) in [7, 11) is 0. The van der Waals surface area contributed by atoms with E-state index >= 15 is 0 Å². The molecule has 1 atom stereocenters. The minimum Gasteiger partial charge on any atom is -0.309 e. The molecule has 1 unspecified atom stereocenters. The van der Waals surface area contributed by atoms with Crippen molar-refractivity contribution in [3.63, 3.8) is 0 Å². The molecular weight excluding hydrogens is 227 g/mol. The lowest BCUT2D eigenvalue weighted by atomic mass is 10.1. The van der Waals surface area contributed by atoms with Gasteiger partial charge in [0.05, 0.1) is 10.6 Å². The van der Waals surface area contributed by atoms with Crippen LogP contribution in [-0.4, -0.2) is 0 Å². The third kappa shape index (κ3) is 2.63. The molecule has 0 aliphatic heterocycles. The van der Waals surface area contributed by atoms with Crippen molar-refractivity contribution >= 4 is 11.6 Å². The van der Waals surface area contributed by atoms with Gasteiger partial charge >= 0.3 is 6.18 Å². The minimum atomic E-state index is -4.45. The highest BCUT2D eigenvalue weighted by molar-refractivity contribution is 6.31.